The van der Waals surface area contributed by atoms with E-state index in [0.29, 0.717) is 5.92 Å². The summed E-state index contributed by atoms with van der Waals surface area (Å²) in [5.74, 6) is 0.817. The summed E-state index contributed by atoms with van der Waals surface area (Å²) in [5, 5.41) is 0. The number of amides is 1. The molecule has 5 nitrogen and oxygen atoms in total. The number of carbonyl (C=O) groups is 1. The molecule has 1 aliphatic rings. The van der Waals surface area contributed by atoms with Gasteiger partial charge in [0.2, 0.25) is 0 Å². The number of pyridine rings is 1. The van der Waals surface area contributed by atoms with Crippen LogP contribution in [0.1, 0.15) is 35.2 Å². The second kappa shape index (κ2) is 9.69. The molecule has 0 spiro atoms. The zero-order chi connectivity index (χ0) is 19.9. The number of nitrogens with zero attached hydrogens (tertiary/aromatic N) is 4. The third-order valence-corrected chi connectivity index (χ3v) is 5.60. The number of hydrogen-bond acceptors (Lipinski definition) is 4. The van der Waals surface area contributed by atoms with Gasteiger partial charge in [-0.15, -0.1) is 0 Å². The summed E-state index contributed by atoms with van der Waals surface area (Å²) in [7, 11) is 5.99. The lowest BCUT2D eigenvalue weighted by Gasteiger charge is -2.34. The van der Waals surface area contributed by atoms with Crippen molar-refractivity contribution in [3.05, 3.63) is 59.9 Å². The minimum absolute atomic E-state index is 0.131. The highest BCUT2D eigenvalue weighted by Gasteiger charge is 2.21. The van der Waals surface area contributed by atoms with E-state index in [1.807, 2.05) is 56.6 Å². The van der Waals surface area contributed by atoms with E-state index in [1.165, 1.54) is 18.5 Å². The normalized spacial score (nSPS) is 15.1. The Balaban J connectivity index is 1.50. The van der Waals surface area contributed by atoms with Crippen molar-refractivity contribution in [2.24, 2.45) is 5.92 Å². The Morgan fingerprint density at radius 3 is 2.43 bits per heavy atom. The average Bonchev–Trinajstić information content (AvgIpc) is 2.72. The molecule has 0 radical (unpaired) electrons. The molecule has 0 unspecified atom stereocenters. The first-order valence-electron chi connectivity index (χ1n) is 10.2. The molecule has 1 amide bonds. The number of anilines is 1. The van der Waals surface area contributed by atoms with Crippen molar-refractivity contribution in [1.82, 2.24) is 14.8 Å². The average molecular weight is 381 g/mol. The number of aromatic nitrogens is 1. The van der Waals surface area contributed by atoms with Crippen LogP contribution in [0, 0.1) is 5.92 Å². The zero-order valence-electron chi connectivity index (χ0n) is 17.3. The summed E-state index contributed by atoms with van der Waals surface area (Å²) in [5.41, 5.74) is 3.18. The topological polar surface area (TPSA) is 39.7 Å². The van der Waals surface area contributed by atoms with Gasteiger partial charge in [-0.3, -0.25) is 9.78 Å². The monoisotopic (exact) mass is 380 g/mol. The van der Waals surface area contributed by atoms with Crippen molar-refractivity contribution in [3.63, 3.8) is 0 Å². The van der Waals surface area contributed by atoms with E-state index in [2.05, 4.69) is 33.0 Å². The van der Waals surface area contributed by atoms with Gasteiger partial charge < -0.3 is 14.7 Å². The SMILES string of the molecule is CN(C)Cc1ccccc1C(=O)N(C)CCC1CCN(c2ccncc2)CC1. The molecule has 1 aromatic heterocycles. The van der Waals surface area contributed by atoms with Crippen LogP contribution in [0.4, 0.5) is 5.69 Å². The third-order valence-electron chi connectivity index (χ3n) is 5.60. The molecule has 1 aromatic carbocycles. The maximum atomic E-state index is 13.0. The molecule has 2 aromatic rings. The van der Waals surface area contributed by atoms with Crippen molar-refractivity contribution in [1.29, 1.82) is 0 Å². The smallest absolute Gasteiger partial charge is 0.253 e. The number of piperidine rings is 1. The molecule has 0 bridgehead atoms. The Bertz CT molecular complexity index is 754. The van der Waals surface area contributed by atoms with Gasteiger partial charge in [0, 0.05) is 56.9 Å². The summed E-state index contributed by atoms with van der Waals surface area (Å²) >= 11 is 0. The first-order chi connectivity index (χ1) is 13.5. The molecule has 1 aliphatic heterocycles. The Morgan fingerprint density at radius 1 is 1.07 bits per heavy atom. The van der Waals surface area contributed by atoms with Gasteiger partial charge in [-0.1, -0.05) is 18.2 Å². The maximum absolute atomic E-state index is 13.0. The van der Waals surface area contributed by atoms with Crippen LogP contribution in [0.15, 0.2) is 48.8 Å². The molecule has 150 valence electrons. The summed E-state index contributed by atoms with van der Waals surface area (Å²) in [6, 6.07) is 12.1. The molecule has 1 fully saturated rings. The summed E-state index contributed by atoms with van der Waals surface area (Å²) < 4.78 is 0. The highest BCUT2D eigenvalue weighted by Crippen LogP contribution is 2.25. The van der Waals surface area contributed by atoms with E-state index < -0.39 is 0 Å². The molecule has 5 heteroatoms. The fourth-order valence-electron chi connectivity index (χ4n) is 3.93. The maximum Gasteiger partial charge on any atom is 0.253 e. The molecular formula is C23H32N4O. The molecule has 0 aliphatic carbocycles. The van der Waals surface area contributed by atoms with Crippen molar-refractivity contribution in [2.75, 3.05) is 45.7 Å². The molecule has 2 heterocycles. The van der Waals surface area contributed by atoms with Crippen molar-refractivity contribution in [3.8, 4) is 0 Å². The van der Waals surface area contributed by atoms with Crippen LogP contribution in [0.3, 0.4) is 0 Å². The van der Waals surface area contributed by atoms with Crippen molar-refractivity contribution in [2.45, 2.75) is 25.8 Å². The van der Waals surface area contributed by atoms with Gasteiger partial charge in [0.15, 0.2) is 0 Å². The molecule has 0 saturated carbocycles. The number of benzene rings is 1. The van der Waals surface area contributed by atoms with Crippen LogP contribution in [0.5, 0.6) is 0 Å². The molecule has 3 rings (SSSR count). The molecule has 0 N–H and O–H groups in total. The van der Waals surface area contributed by atoms with E-state index in [-0.39, 0.29) is 5.91 Å². The minimum atomic E-state index is 0.131. The Labute approximate surface area is 169 Å². The Kier molecular flexibility index (Phi) is 7.04. The fourth-order valence-corrected chi connectivity index (χ4v) is 3.93. The largest absolute Gasteiger partial charge is 0.371 e. The lowest BCUT2D eigenvalue weighted by molar-refractivity contribution is 0.0783. The zero-order valence-corrected chi connectivity index (χ0v) is 17.3. The van der Waals surface area contributed by atoms with Gasteiger partial charge >= 0.3 is 0 Å². The van der Waals surface area contributed by atoms with Gasteiger partial charge in [-0.25, -0.2) is 0 Å². The van der Waals surface area contributed by atoms with E-state index in [4.69, 9.17) is 0 Å². The predicted octanol–water partition coefficient (Wildman–Crippen LogP) is 3.52. The molecule has 28 heavy (non-hydrogen) atoms. The lowest BCUT2D eigenvalue weighted by Crippen LogP contribution is -2.36. The van der Waals surface area contributed by atoms with Gasteiger partial charge in [-0.05, 0) is 63.0 Å². The summed E-state index contributed by atoms with van der Waals surface area (Å²) in [6.45, 7) is 3.76. The third kappa shape index (κ3) is 5.32. The first-order valence-corrected chi connectivity index (χ1v) is 10.2. The molecular weight excluding hydrogens is 348 g/mol. The molecule has 0 atom stereocenters. The van der Waals surface area contributed by atoms with E-state index in [9.17, 15) is 4.79 Å². The first kappa shape index (κ1) is 20.3. The van der Waals surface area contributed by atoms with Crippen LogP contribution in [0.2, 0.25) is 0 Å². The minimum Gasteiger partial charge on any atom is -0.371 e. The van der Waals surface area contributed by atoms with Gasteiger partial charge in [-0.2, -0.15) is 0 Å². The van der Waals surface area contributed by atoms with Crippen LogP contribution < -0.4 is 4.90 Å². The predicted molar refractivity (Wildman–Crippen MR) is 115 cm³/mol. The number of carbonyl (C=O) groups excluding carboxylic acids is 1. The number of hydrogen-bond donors (Lipinski definition) is 0. The number of rotatable bonds is 7. The van der Waals surface area contributed by atoms with Gasteiger partial charge in [0.1, 0.15) is 0 Å². The van der Waals surface area contributed by atoms with Crippen LogP contribution in [-0.2, 0) is 6.54 Å². The second-order valence-corrected chi connectivity index (χ2v) is 8.05. The van der Waals surface area contributed by atoms with Crippen molar-refractivity contribution < 1.29 is 4.79 Å². The molecule has 1 saturated heterocycles. The lowest BCUT2D eigenvalue weighted by atomic mass is 9.93. The van der Waals surface area contributed by atoms with E-state index in [1.54, 1.807) is 0 Å². The fraction of sp³-hybridized carbons (Fsp3) is 0.478. The Morgan fingerprint density at radius 2 is 1.75 bits per heavy atom. The van der Waals surface area contributed by atoms with Gasteiger partial charge in [0.25, 0.3) is 5.91 Å². The summed E-state index contributed by atoms with van der Waals surface area (Å²) in [6.07, 6.45) is 7.15. The second-order valence-electron chi connectivity index (χ2n) is 8.05. The highest BCUT2D eigenvalue weighted by molar-refractivity contribution is 5.95. The van der Waals surface area contributed by atoms with E-state index in [0.717, 1.165) is 43.7 Å². The van der Waals surface area contributed by atoms with E-state index >= 15 is 0 Å². The Hall–Kier alpha value is -2.40. The quantitative estimate of drug-likeness (QED) is 0.737. The van der Waals surface area contributed by atoms with Crippen molar-refractivity contribution >= 4 is 11.6 Å². The summed E-state index contributed by atoms with van der Waals surface area (Å²) in [4.78, 5) is 23.5. The van der Waals surface area contributed by atoms with Gasteiger partial charge in [0.05, 0.1) is 0 Å². The standard InChI is InChI=1S/C23H32N4O/c1-25(2)18-20-6-4-5-7-22(20)23(28)26(3)15-10-19-11-16-27(17-12-19)21-8-13-24-14-9-21/h4-9,13-14,19H,10-12,15-18H2,1-3H3. The van der Waals surface area contributed by atoms with Crippen LogP contribution >= 0.6 is 0 Å². The van der Waals surface area contributed by atoms with Crippen LogP contribution in [0.25, 0.3) is 0 Å². The highest BCUT2D eigenvalue weighted by atomic mass is 16.2. The van der Waals surface area contributed by atoms with Crippen LogP contribution in [-0.4, -0.2) is 61.5 Å².